The zero-order chi connectivity index (χ0) is 20.8. The smallest absolute Gasteiger partial charge is 0.258 e. The molecule has 2 aromatic rings. The number of aryl methyl sites for hydroxylation is 1. The van der Waals surface area contributed by atoms with E-state index in [9.17, 15) is 9.59 Å². The van der Waals surface area contributed by atoms with E-state index >= 15 is 0 Å². The highest BCUT2D eigenvalue weighted by atomic mass is 35.5. The zero-order valence-electron chi connectivity index (χ0n) is 15.7. The molecule has 148 valence electrons. The molecular weight excluding hydrogens is 405 g/mol. The third-order valence-corrected chi connectivity index (χ3v) is 4.60. The number of benzene rings is 2. The van der Waals surface area contributed by atoms with Crippen LogP contribution in [0.4, 0.5) is 11.4 Å². The van der Waals surface area contributed by atoms with E-state index in [0.29, 0.717) is 16.5 Å². The van der Waals surface area contributed by atoms with Crippen molar-refractivity contribution in [2.24, 2.45) is 10.2 Å². The van der Waals surface area contributed by atoms with Crippen LogP contribution in [-0.2, 0) is 9.59 Å². The van der Waals surface area contributed by atoms with E-state index in [4.69, 9.17) is 32.7 Å². The van der Waals surface area contributed by atoms with Crippen molar-refractivity contribution in [1.29, 1.82) is 0 Å². The first-order valence-corrected chi connectivity index (χ1v) is 8.92. The minimum atomic E-state index is -1.34. The Morgan fingerprint density at radius 3 is 2.39 bits per heavy atom. The van der Waals surface area contributed by atoms with Gasteiger partial charge in [-0.25, -0.2) is 0 Å². The van der Waals surface area contributed by atoms with Crippen molar-refractivity contribution < 1.29 is 19.1 Å². The first kappa shape index (κ1) is 21.7. The third-order valence-electron chi connectivity index (χ3n) is 3.82. The van der Waals surface area contributed by atoms with Crippen LogP contribution in [0.2, 0.25) is 10.0 Å². The molecular formula is C19H19Cl2N3O4. The first-order chi connectivity index (χ1) is 13.3. The van der Waals surface area contributed by atoms with Gasteiger partial charge in [-0.2, -0.15) is 10.2 Å². The highest BCUT2D eigenvalue weighted by Gasteiger charge is 2.25. The molecule has 7 nitrogen and oxygen atoms in total. The van der Waals surface area contributed by atoms with Crippen LogP contribution in [-0.4, -0.2) is 32.0 Å². The number of azo groups is 1. The van der Waals surface area contributed by atoms with E-state index in [0.717, 1.165) is 5.56 Å². The molecule has 0 radical (unpaired) electrons. The number of nitrogens with one attached hydrogen (secondary N) is 1. The zero-order valence-corrected chi connectivity index (χ0v) is 17.3. The first-order valence-electron chi connectivity index (χ1n) is 8.17. The number of methoxy groups -OCH3 is 2. The van der Waals surface area contributed by atoms with Crippen LogP contribution in [0.25, 0.3) is 0 Å². The van der Waals surface area contributed by atoms with E-state index in [1.807, 2.05) is 6.92 Å². The van der Waals surface area contributed by atoms with Gasteiger partial charge in [0.25, 0.3) is 5.91 Å². The second-order valence-electron chi connectivity index (χ2n) is 5.81. The molecule has 0 bridgehead atoms. The monoisotopic (exact) mass is 423 g/mol. The summed E-state index contributed by atoms with van der Waals surface area (Å²) in [6, 6.07) is 6.83. The molecule has 0 spiro atoms. The van der Waals surface area contributed by atoms with Crippen LogP contribution in [0.15, 0.2) is 40.6 Å². The summed E-state index contributed by atoms with van der Waals surface area (Å²) in [5, 5.41) is 11.0. The predicted molar refractivity (Wildman–Crippen MR) is 108 cm³/mol. The fourth-order valence-corrected chi connectivity index (χ4v) is 2.73. The fourth-order valence-electron chi connectivity index (χ4n) is 2.27. The highest BCUT2D eigenvalue weighted by Crippen LogP contribution is 2.40. The van der Waals surface area contributed by atoms with Crippen LogP contribution >= 0.6 is 23.2 Å². The molecule has 0 aliphatic carbocycles. The number of Topliss-reactive ketones (excluding diaryl/α,β-unsaturated/α-hetero) is 1. The number of carbonyl (C=O) groups is 2. The van der Waals surface area contributed by atoms with Crippen molar-refractivity contribution in [3.8, 4) is 11.5 Å². The lowest BCUT2D eigenvalue weighted by Gasteiger charge is -2.14. The van der Waals surface area contributed by atoms with Crippen LogP contribution < -0.4 is 14.8 Å². The summed E-state index contributed by atoms with van der Waals surface area (Å²) in [5.74, 6) is -0.485. The topological polar surface area (TPSA) is 89.4 Å². The molecule has 1 amide bonds. The molecule has 2 aromatic carbocycles. The molecule has 1 atom stereocenters. The summed E-state index contributed by atoms with van der Waals surface area (Å²) in [4.78, 5) is 24.5. The van der Waals surface area contributed by atoms with Crippen molar-refractivity contribution >= 4 is 46.3 Å². The maximum absolute atomic E-state index is 12.6. The number of anilines is 1. The van der Waals surface area contributed by atoms with Crippen LogP contribution in [0.3, 0.4) is 0 Å². The number of halogens is 2. The number of hydrogen-bond acceptors (Lipinski definition) is 6. The number of carbonyl (C=O) groups excluding carboxylic acids is 2. The van der Waals surface area contributed by atoms with E-state index in [1.54, 1.807) is 24.3 Å². The number of ether oxygens (including phenoxy) is 2. The Hall–Kier alpha value is -2.64. The summed E-state index contributed by atoms with van der Waals surface area (Å²) < 4.78 is 10.3. The van der Waals surface area contributed by atoms with Crippen LogP contribution in [0.5, 0.6) is 11.5 Å². The number of amides is 1. The molecule has 0 aliphatic rings. The van der Waals surface area contributed by atoms with Crippen molar-refractivity contribution in [3.05, 3.63) is 45.9 Å². The minimum Gasteiger partial charge on any atom is -0.493 e. The molecule has 0 aliphatic heterocycles. The van der Waals surface area contributed by atoms with E-state index in [-0.39, 0.29) is 16.5 Å². The van der Waals surface area contributed by atoms with Crippen LogP contribution in [0.1, 0.15) is 12.5 Å². The number of hydrogen-bond donors (Lipinski definition) is 1. The number of nitrogens with zero attached hydrogens (tertiary/aromatic N) is 2. The van der Waals surface area contributed by atoms with Gasteiger partial charge in [0.15, 0.2) is 17.3 Å². The Kier molecular flexibility index (Phi) is 7.37. The Bertz CT molecular complexity index is 932. The van der Waals surface area contributed by atoms with E-state index in [1.165, 1.54) is 27.2 Å². The van der Waals surface area contributed by atoms with E-state index < -0.39 is 17.7 Å². The maximum Gasteiger partial charge on any atom is 0.258 e. The average Bonchev–Trinajstić information content (AvgIpc) is 2.65. The van der Waals surface area contributed by atoms with E-state index in [2.05, 4.69) is 15.5 Å². The Labute approximate surface area is 172 Å². The third kappa shape index (κ3) is 4.99. The Morgan fingerprint density at radius 2 is 1.82 bits per heavy atom. The predicted octanol–water partition coefficient (Wildman–Crippen LogP) is 5.00. The lowest BCUT2D eigenvalue weighted by atomic mass is 10.2. The van der Waals surface area contributed by atoms with Crippen LogP contribution in [0, 0.1) is 6.92 Å². The Balaban J connectivity index is 2.25. The van der Waals surface area contributed by atoms with Gasteiger partial charge in [-0.1, -0.05) is 29.3 Å². The van der Waals surface area contributed by atoms with Gasteiger partial charge in [0.05, 0.1) is 25.6 Å². The van der Waals surface area contributed by atoms with Gasteiger partial charge in [-0.3, -0.25) is 9.59 Å². The van der Waals surface area contributed by atoms with Crippen molar-refractivity contribution in [2.75, 3.05) is 19.5 Å². The van der Waals surface area contributed by atoms with Crippen molar-refractivity contribution in [2.45, 2.75) is 19.9 Å². The molecule has 28 heavy (non-hydrogen) atoms. The molecule has 0 saturated heterocycles. The van der Waals surface area contributed by atoms with Gasteiger partial charge in [-0.15, -0.1) is 0 Å². The fraction of sp³-hybridized carbons (Fsp3) is 0.263. The normalized spacial score (nSPS) is 11.9. The number of rotatable bonds is 7. The quantitative estimate of drug-likeness (QED) is 0.501. The highest BCUT2D eigenvalue weighted by molar-refractivity contribution is 6.35. The standard InChI is InChI=1S/C19H19Cl2N3O4/c1-10-5-6-12(9-13(10)20)23-24-17(11(2)25)19(26)22-14-7-8-15(27-3)18(28-4)16(14)21/h5-9,17H,1-4H3,(H,22,26). The Morgan fingerprint density at radius 1 is 1.11 bits per heavy atom. The lowest BCUT2D eigenvalue weighted by molar-refractivity contribution is -0.126. The van der Waals surface area contributed by atoms with Gasteiger partial charge < -0.3 is 14.8 Å². The number of ketones is 1. The van der Waals surface area contributed by atoms with Gasteiger partial charge in [0.1, 0.15) is 5.02 Å². The molecule has 0 heterocycles. The average molecular weight is 424 g/mol. The summed E-state index contributed by atoms with van der Waals surface area (Å²) in [6.45, 7) is 3.10. The molecule has 2 rings (SSSR count). The maximum atomic E-state index is 12.6. The molecule has 0 saturated carbocycles. The molecule has 0 fully saturated rings. The largest absolute Gasteiger partial charge is 0.493 e. The van der Waals surface area contributed by atoms with Gasteiger partial charge in [0.2, 0.25) is 6.04 Å². The summed E-state index contributed by atoms with van der Waals surface area (Å²) in [5.41, 5.74) is 1.56. The minimum absolute atomic E-state index is 0.139. The van der Waals surface area contributed by atoms with Gasteiger partial charge in [-0.05, 0) is 43.7 Å². The SMILES string of the molecule is COc1ccc(NC(=O)C(N=Nc2ccc(C)c(Cl)c2)C(C)=O)c(Cl)c1OC. The molecule has 0 aromatic heterocycles. The molecule has 1 N–H and O–H groups in total. The summed E-state index contributed by atoms with van der Waals surface area (Å²) >= 11 is 12.3. The van der Waals surface area contributed by atoms with Crippen molar-refractivity contribution in [1.82, 2.24) is 0 Å². The second-order valence-corrected chi connectivity index (χ2v) is 6.60. The van der Waals surface area contributed by atoms with Gasteiger partial charge >= 0.3 is 0 Å². The molecule has 9 heteroatoms. The summed E-state index contributed by atoms with van der Waals surface area (Å²) in [7, 11) is 2.89. The lowest BCUT2D eigenvalue weighted by Crippen LogP contribution is -2.31. The second kappa shape index (κ2) is 9.52. The summed E-state index contributed by atoms with van der Waals surface area (Å²) in [6.07, 6.45) is 0. The van der Waals surface area contributed by atoms with Gasteiger partial charge in [0, 0.05) is 5.02 Å². The van der Waals surface area contributed by atoms with Crippen molar-refractivity contribution in [3.63, 3.8) is 0 Å². The molecule has 1 unspecified atom stereocenters.